The number of aryl methyl sites for hydroxylation is 1. The van der Waals surface area contributed by atoms with Gasteiger partial charge in [0.1, 0.15) is 23.4 Å². The summed E-state index contributed by atoms with van der Waals surface area (Å²) in [4.78, 5) is 16.2. The molecule has 2 atom stereocenters. The summed E-state index contributed by atoms with van der Waals surface area (Å²) in [5, 5.41) is 0. The number of benzene rings is 2. The van der Waals surface area contributed by atoms with Crippen molar-refractivity contribution in [2.45, 2.75) is 25.9 Å². The van der Waals surface area contributed by atoms with E-state index in [1.165, 1.54) is 6.08 Å². The molecular weight excluding hydrogens is 412 g/mol. The molecule has 7 heteroatoms. The van der Waals surface area contributed by atoms with Gasteiger partial charge in [-0.1, -0.05) is 24.3 Å². The molecule has 1 aliphatic carbocycles. The van der Waals surface area contributed by atoms with Gasteiger partial charge in [-0.3, -0.25) is 14.5 Å². The first-order chi connectivity index (χ1) is 15.1. The Morgan fingerprint density at radius 1 is 1.06 bits per heavy atom. The largest absolute Gasteiger partial charge is 0.486 e. The van der Waals surface area contributed by atoms with Crippen molar-refractivity contribution in [2.75, 3.05) is 0 Å². The van der Waals surface area contributed by atoms with Crippen molar-refractivity contribution in [1.82, 2.24) is 9.71 Å². The lowest BCUT2D eigenvalue weighted by molar-refractivity contribution is -0.114. The molecule has 0 saturated carbocycles. The number of ether oxygens (including phenoxy) is 2. The van der Waals surface area contributed by atoms with Crippen LogP contribution in [0.3, 0.4) is 0 Å². The fraction of sp³-hybridized carbons (Fsp3) is 0.167. The van der Waals surface area contributed by atoms with E-state index in [1.807, 2.05) is 55.5 Å². The molecule has 1 amide bonds. The van der Waals surface area contributed by atoms with Gasteiger partial charge in [-0.05, 0) is 61.2 Å². The number of hydrogen-bond donors (Lipinski definition) is 1. The summed E-state index contributed by atoms with van der Waals surface area (Å²) in [5.74, 6) is 1.97. The third-order valence-electron chi connectivity index (χ3n) is 5.42. The highest BCUT2D eigenvalue weighted by Gasteiger charge is 2.27. The molecular formula is C24H20N2O4S. The van der Waals surface area contributed by atoms with Crippen LogP contribution in [0.15, 0.2) is 66.9 Å². The van der Waals surface area contributed by atoms with E-state index in [1.54, 1.807) is 6.20 Å². The second-order valence-corrected chi connectivity index (χ2v) is 8.61. The third kappa shape index (κ3) is 3.84. The van der Waals surface area contributed by atoms with Crippen LogP contribution in [0.25, 0.3) is 4.91 Å². The van der Waals surface area contributed by atoms with E-state index in [-0.39, 0.29) is 12.0 Å². The van der Waals surface area contributed by atoms with E-state index in [0.29, 0.717) is 4.91 Å². The van der Waals surface area contributed by atoms with Crippen molar-refractivity contribution in [2.24, 2.45) is 0 Å². The molecule has 1 aliphatic heterocycles. The van der Waals surface area contributed by atoms with E-state index in [0.717, 1.165) is 52.5 Å². The molecule has 2 aromatic carbocycles. The summed E-state index contributed by atoms with van der Waals surface area (Å²) in [6.07, 6.45) is 4.78. The minimum absolute atomic E-state index is 0.0672. The summed E-state index contributed by atoms with van der Waals surface area (Å²) in [7, 11) is -1.50. The SMILES string of the molecule is Cc1ncccc1Oc1cccc2c1CCC2Oc1ccc(C2=CC(=O)NS2=O)cc1. The molecule has 31 heavy (non-hydrogen) atoms. The molecule has 6 nitrogen and oxygen atoms in total. The summed E-state index contributed by atoms with van der Waals surface area (Å²) in [6, 6.07) is 17.1. The van der Waals surface area contributed by atoms with Gasteiger partial charge < -0.3 is 9.47 Å². The van der Waals surface area contributed by atoms with Crippen LogP contribution in [-0.2, 0) is 22.2 Å². The van der Waals surface area contributed by atoms with Crippen molar-refractivity contribution in [3.63, 3.8) is 0 Å². The van der Waals surface area contributed by atoms with E-state index in [2.05, 4.69) is 15.8 Å². The van der Waals surface area contributed by atoms with Crippen molar-refractivity contribution in [1.29, 1.82) is 0 Å². The van der Waals surface area contributed by atoms with Crippen molar-refractivity contribution in [3.8, 4) is 17.2 Å². The van der Waals surface area contributed by atoms with Gasteiger partial charge in [-0.2, -0.15) is 0 Å². The highest BCUT2D eigenvalue weighted by atomic mass is 32.2. The Morgan fingerprint density at radius 3 is 2.61 bits per heavy atom. The first-order valence-electron chi connectivity index (χ1n) is 10.0. The van der Waals surface area contributed by atoms with Crippen LogP contribution in [0, 0.1) is 6.92 Å². The predicted molar refractivity (Wildman–Crippen MR) is 118 cm³/mol. The number of rotatable bonds is 5. The second kappa shape index (κ2) is 8.00. The van der Waals surface area contributed by atoms with Gasteiger partial charge in [0, 0.05) is 17.8 Å². The molecule has 0 spiro atoms. The van der Waals surface area contributed by atoms with Crippen LogP contribution in [0.1, 0.15) is 34.9 Å². The quantitative estimate of drug-likeness (QED) is 0.647. The highest BCUT2D eigenvalue weighted by Crippen LogP contribution is 2.41. The normalized spacial score (nSPS) is 19.5. The smallest absolute Gasteiger partial charge is 0.257 e. The zero-order valence-electron chi connectivity index (χ0n) is 16.8. The lowest BCUT2D eigenvalue weighted by Crippen LogP contribution is -2.16. The molecule has 156 valence electrons. The van der Waals surface area contributed by atoms with Crippen molar-refractivity contribution in [3.05, 3.63) is 89.3 Å². The van der Waals surface area contributed by atoms with Crippen molar-refractivity contribution < 1.29 is 18.5 Å². The van der Waals surface area contributed by atoms with Gasteiger partial charge in [0.15, 0.2) is 11.0 Å². The zero-order chi connectivity index (χ0) is 21.4. The molecule has 0 bridgehead atoms. The van der Waals surface area contributed by atoms with Crippen molar-refractivity contribution >= 4 is 21.8 Å². The van der Waals surface area contributed by atoms with E-state index in [4.69, 9.17) is 9.47 Å². The van der Waals surface area contributed by atoms with Crippen LogP contribution in [0.4, 0.5) is 0 Å². The fourth-order valence-electron chi connectivity index (χ4n) is 3.90. The Morgan fingerprint density at radius 2 is 1.87 bits per heavy atom. The van der Waals surface area contributed by atoms with E-state index in [9.17, 15) is 9.00 Å². The Kier molecular flexibility index (Phi) is 5.03. The number of aromatic nitrogens is 1. The first-order valence-corrected chi connectivity index (χ1v) is 11.2. The minimum atomic E-state index is -1.50. The van der Waals surface area contributed by atoms with Gasteiger partial charge >= 0.3 is 0 Å². The maximum Gasteiger partial charge on any atom is 0.257 e. The average molecular weight is 433 g/mol. The molecule has 1 aromatic heterocycles. The lowest BCUT2D eigenvalue weighted by Gasteiger charge is -2.16. The van der Waals surface area contributed by atoms with Gasteiger partial charge in [0.05, 0.1) is 10.6 Å². The van der Waals surface area contributed by atoms with Gasteiger partial charge in [-0.15, -0.1) is 0 Å². The summed E-state index contributed by atoms with van der Waals surface area (Å²) in [5.41, 5.74) is 3.86. The number of nitrogens with one attached hydrogen (secondary N) is 1. The topological polar surface area (TPSA) is 77.5 Å². The molecule has 3 aromatic rings. The number of pyridine rings is 1. The molecule has 1 N–H and O–H groups in total. The Hall–Kier alpha value is -3.45. The first kappa shape index (κ1) is 19.5. The Labute approximate surface area is 182 Å². The number of fused-ring (bicyclic) bond motifs is 1. The number of hydrogen-bond acceptors (Lipinski definition) is 5. The van der Waals surface area contributed by atoms with E-state index < -0.39 is 11.0 Å². The number of carbonyl (C=O) groups excluding carboxylic acids is 1. The maximum atomic E-state index is 11.9. The molecule has 0 radical (unpaired) electrons. The zero-order valence-corrected chi connectivity index (χ0v) is 17.6. The van der Waals surface area contributed by atoms with Crippen LogP contribution in [0.5, 0.6) is 17.2 Å². The molecule has 5 rings (SSSR count). The number of amides is 1. The van der Waals surface area contributed by atoms with Gasteiger partial charge in [0.2, 0.25) is 0 Å². The molecule has 2 heterocycles. The minimum Gasteiger partial charge on any atom is -0.486 e. The number of carbonyl (C=O) groups is 1. The van der Waals surface area contributed by atoms with E-state index >= 15 is 0 Å². The third-order valence-corrected chi connectivity index (χ3v) is 6.56. The van der Waals surface area contributed by atoms with Gasteiger partial charge in [0.25, 0.3) is 5.91 Å². The van der Waals surface area contributed by atoms with Crippen LogP contribution < -0.4 is 14.2 Å². The predicted octanol–water partition coefficient (Wildman–Crippen LogP) is 4.38. The molecule has 2 aliphatic rings. The number of nitrogens with zero attached hydrogens (tertiary/aromatic N) is 1. The fourth-order valence-corrected chi connectivity index (χ4v) is 4.81. The highest BCUT2D eigenvalue weighted by molar-refractivity contribution is 7.93. The molecule has 0 fully saturated rings. The van der Waals surface area contributed by atoms with Crippen LogP contribution in [-0.4, -0.2) is 15.1 Å². The Balaban J connectivity index is 1.34. The summed E-state index contributed by atoms with van der Waals surface area (Å²) < 4.78 is 26.7. The lowest BCUT2D eigenvalue weighted by atomic mass is 10.1. The summed E-state index contributed by atoms with van der Waals surface area (Å²) >= 11 is 0. The Bertz CT molecular complexity index is 1220. The molecule has 0 saturated heterocycles. The van der Waals surface area contributed by atoms with Crippen LogP contribution >= 0.6 is 0 Å². The monoisotopic (exact) mass is 432 g/mol. The summed E-state index contributed by atoms with van der Waals surface area (Å²) in [6.45, 7) is 1.93. The van der Waals surface area contributed by atoms with Crippen LogP contribution in [0.2, 0.25) is 0 Å². The molecule has 2 unspecified atom stereocenters. The van der Waals surface area contributed by atoms with Gasteiger partial charge in [-0.25, -0.2) is 4.21 Å². The standard InChI is InChI=1S/C24H20N2O4S/c1-15-20(6-3-13-25-15)30-21-5-2-4-18-19(21)11-12-22(18)29-17-9-7-16(8-10-17)23-14-24(27)26-31(23)28/h2-10,13-14,22H,11-12H2,1H3,(H,26,27). The second-order valence-electron chi connectivity index (χ2n) is 7.43. The maximum absolute atomic E-state index is 11.9. The average Bonchev–Trinajstić information content (AvgIpc) is 3.33.